The summed E-state index contributed by atoms with van der Waals surface area (Å²) in [6.07, 6.45) is 1.50. The molecule has 2 N–H and O–H groups in total. The van der Waals surface area contributed by atoms with Gasteiger partial charge >= 0.3 is 0 Å². The highest BCUT2D eigenvalue weighted by Crippen LogP contribution is 2.30. The van der Waals surface area contributed by atoms with Gasteiger partial charge in [-0.1, -0.05) is 0 Å². The predicted octanol–water partition coefficient (Wildman–Crippen LogP) is 2.39. The molecule has 0 aliphatic heterocycles. The molecule has 1 heterocycles. The van der Waals surface area contributed by atoms with Crippen molar-refractivity contribution in [3.05, 3.63) is 42.2 Å². The van der Waals surface area contributed by atoms with Crippen molar-refractivity contribution in [3.63, 3.8) is 0 Å². The van der Waals surface area contributed by atoms with Gasteiger partial charge in [-0.3, -0.25) is 0 Å². The first-order valence-electron chi connectivity index (χ1n) is 5.71. The molecule has 0 atom stereocenters. The topological polar surface area (TPSA) is 75.2 Å². The van der Waals surface area contributed by atoms with Crippen LogP contribution in [0.15, 0.2) is 36.5 Å². The highest BCUT2D eigenvalue weighted by Gasteiger charge is 2.05. The number of nitriles is 1. The van der Waals surface area contributed by atoms with Crippen LogP contribution in [0.5, 0.6) is 11.5 Å². The van der Waals surface area contributed by atoms with Gasteiger partial charge in [-0.2, -0.15) is 5.26 Å². The molecular weight excluding hydrogens is 240 g/mol. The molecule has 0 saturated heterocycles. The average Bonchev–Trinajstić information content (AvgIpc) is 2.42. The highest BCUT2D eigenvalue weighted by molar-refractivity contribution is 5.62. The molecule has 0 unspecified atom stereocenters. The van der Waals surface area contributed by atoms with Crippen LogP contribution in [0.4, 0.5) is 11.4 Å². The summed E-state index contributed by atoms with van der Waals surface area (Å²) in [7, 11) is 3.89. The number of nitrogens with zero attached hydrogens (tertiary/aromatic N) is 3. The highest BCUT2D eigenvalue weighted by atomic mass is 16.5. The number of nitrogens with two attached hydrogens (primary N) is 1. The predicted molar refractivity (Wildman–Crippen MR) is 74.2 cm³/mol. The summed E-state index contributed by atoms with van der Waals surface area (Å²) in [5, 5.41) is 8.68. The Bertz CT molecular complexity index is 614. The van der Waals surface area contributed by atoms with Crippen LogP contribution in [-0.4, -0.2) is 19.1 Å². The van der Waals surface area contributed by atoms with Crippen LogP contribution in [0.2, 0.25) is 0 Å². The number of pyridine rings is 1. The Hall–Kier alpha value is -2.74. The van der Waals surface area contributed by atoms with Crippen molar-refractivity contribution in [2.75, 3.05) is 24.7 Å². The number of anilines is 2. The fraction of sp³-hybridized carbons (Fsp3) is 0.143. The Morgan fingerprint density at radius 3 is 2.63 bits per heavy atom. The Morgan fingerprint density at radius 2 is 2.05 bits per heavy atom. The molecule has 19 heavy (non-hydrogen) atoms. The van der Waals surface area contributed by atoms with E-state index in [1.807, 2.05) is 37.2 Å². The molecule has 0 radical (unpaired) electrons. The van der Waals surface area contributed by atoms with Gasteiger partial charge in [0.25, 0.3) is 0 Å². The fourth-order valence-corrected chi connectivity index (χ4v) is 1.52. The normalized spacial score (nSPS) is 9.74. The Morgan fingerprint density at radius 1 is 1.26 bits per heavy atom. The van der Waals surface area contributed by atoms with Crippen molar-refractivity contribution >= 4 is 11.4 Å². The zero-order valence-electron chi connectivity index (χ0n) is 10.8. The van der Waals surface area contributed by atoms with Crippen molar-refractivity contribution in [2.24, 2.45) is 0 Å². The molecule has 0 fully saturated rings. The van der Waals surface area contributed by atoms with E-state index >= 15 is 0 Å². The number of ether oxygens (including phenoxy) is 1. The molecule has 1 aromatic carbocycles. The molecule has 0 saturated carbocycles. The molecule has 0 bridgehead atoms. The first-order valence-corrected chi connectivity index (χ1v) is 5.71. The number of nitrogen functional groups attached to an aromatic ring is 1. The third-order valence-electron chi connectivity index (χ3n) is 2.59. The molecule has 0 aliphatic rings. The SMILES string of the molecule is CN(C)c1ccc(N)c(Oc2ccc(C#N)nc2)c1. The van der Waals surface area contributed by atoms with E-state index in [9.17, 15) is 0 Å². The van der Waals surface area contributed by atoms with E-state index in [1.165, 1.54) is 6.20 Å². The average molecular weight is 254 g/mol. The van der Waals surface area contributed by atoms with Crippen LogP contribution in [0.25, 0.3) is 0 Å². The molecule has 5 heteroatoms. The largest absolute Gasteiger partial charge is 0.454 e. The molecule has 2 rings (SSSR count). The second-order valence-corrected chi connectivity index (χ2v) is 4.21. The van der Waals surface area contributed by atoms with E-state index in [-0.39, 0.29) is 0 Å². The van der Waals surface area contributed by atoms with Gasteiger partial charge in [0.05, 0.1) is 11.9 Å². The molecule has 2 aromatic rings. The third kappa shape index (κ3) is 2.93. The van der Waals surface area contributed by atoms with Gasteiger partial charge in [0.1, 0.15) is 17.5 Å². The third-order valence-corrected chi connectivity index (χ3v) is 2.59. The van der Waals surface area contributed by atoms with Crippen molar-refractivity contribution in [2.45, 2.75) is 0 Å². The maximum absolute atomic E-state index is 8.68. The van der Waals surface area contributed by atoms with Crippen molar-refractivity contribution in [1.82, 2.24) is 4.98 Å². The van der Waals surface area contributed by atoms with Crippen LogP contribution in [0, 0.1) is 11.3 Å². The minimum atomic E-state index is 0.349. The van der Waals surface area contributed by atoms with Crippen molar-refractivity contribution in [1.29, 1.82) is 5.26 Å². The summed E-state index contributed by atoms with van der Waals surface area (Å²) < 4.78 is 5.68. The van der Waals surface area contributed by atoms with Crippen LogP contribution in [0.3, 0.4) is 0 Å². The molecule has 5 nitrogen and oxygen atoms in total. The summed E-state index contributed by atoms with van der Waals surface area (Å²) in [5.74, 6) is 1.11. The summed E-state index contributed by atoms with van der Waals surface area (Å²) in [4.78, 5) is 5.90. The molecule has 1 aromatic heterocycles. The Balaban J connectivity index is 2.27. The molecule has 96 valence electrons. The van der Waals surface area contributed by atoms with Crippen LogP contribution in [0.1, 0.15) is 5.69 Å². The zero-order valence-corrected chi connectivity index (χ0v) is 10.8. The number of hydrogen-bond acceptors (Lipinski definition) is 5. The van der Waals surface area contributed by atoms with Crippen LogP contribution >= 0.6 is 0 Å². The van der Waals surface area contributed by atoms with Crippen molar-refractivity contribution in [3.8, 4) is 17.6 Å². The Kier molecular flexibility index (Phi) is 3.53. The monoisotopic (exact) mass is 254 g/mol. The number of rotatable bonds is 3. The number of benzene rings is 1. The van der Waals surface area contributed by atoms with E-state index in [4.69, 9.17) is 15.7 Å². The zero-order chi connectivity index (χ0) is 13.8. The lowest BCUT2D eigenvalue weighted by Gasteiger charge is -2.15. The van der Waals surface area contributed by atoms with Gasteiger partial charge in [0.2, 0.25) is 0 Å². The van der Waals surface area contributed by atoms with Crippen LogP contribution < -0.4 is 15.4 Å². The van der Waals surface area contributed by atoms with E-state index in [0.717, 1.165) is 5.69 Å². The quantitative estimate of drug-likeness (QED) is 0.851. The number of hydrogen-bond donors (Lipinski definition) is 1. The first-order chi connectivity index (χ1) is 9.10. The van der Waals surface area contributed by atoms with Gasteiger partial charge in [-0.15, -0.1) is 0 Å². The lowest BCUT2D eigenvalue weighted by Crippen LogP contribution is -2.08. The Labute approximate surface area is 111 Å². The summed E-state index contributed by atoms with van der Waals surface area (Å²) in [5.41, 5.74) is 7.77. The number of aromatic nitrogens is 1. The lowest BCUT2D eigenvalue weighted by molar-refractivity contribution is 0.482. The van der Waals surface area contributed by atoms with Gasteiger partial charge in [-0.25, -0.2) is 4.98 Å². The molecular formula is C14H14N4O. The smallest absolute Gasteiger partial charge is 0.152 e. The lowest BCUT2D eigenvalue weighted by atomic mass is 10.2. The summed E-state index contributed by atoms with van der Waals surface area (Å²) in [6.45, 7) is 0. The second kappa shape index (κ2) is 5.27. The van der Waals surface area contributed by atoms with Gasteiger partial charge in [0.15, 0.2) is 5.75 Å². The molecule has 0 spiro atoms. The minimum absolute atomic E-state index is 0.349. The standard InChI is InChI=1S/C14H14N4O/c1-18(2)11-4-6-13(16)14(7-11)19-12-5-3-10(8-15)17-9-12/h3-7,9H,16H2,1-2H3. The van der Waals surface area contributed by atoms with Gasteiger partial charge < -0.3 is 15.4 Å². The maximum atomic E-state index is 8.68. The fourth-order valence-electron chi connectivity index (χ4n) is 1.52. The summed E-state index contributed by atoms with van der Waals surface area (Å²) in [6, 6.07) is 10.8. The van der Waals surface area contributed by atoms with E-state index in [0.29, 0.717) is 22.9 Å². The van der Waals surface area contributed by atoms with Gasteiger partial charge in [0, 0.05) is 25.8 Å². The first kappa shape index (κ1) is 12.7. The van der Waals surface area contributed by atoms with E-state index in [1.54, 1.807) is 18.2 Å². The van der Waals surface area contributed by atoms with Gasteiger partial charge in [-0.05, 0) is 24.3 Å². The second-order valence-electron chi connectivity index (χ2n) is 4.21. The van der Waals surface area contributed by atoms with E-state index < -0.39 is 0 Å². The van der Waals surface area contributed by atoms with Crippen LogP contribution in [-0.2, 0) is 0 Å². The summed E-state index contributed by atoms with van der Waals surface area (Å²) >= 11 is 0. The molecule has 0 amide bonds. The molecule has 0 aliphatic carbocycles. The maximum Gasteiger partial charge on any atom is 0.152 e. The van der Waals surface area contributed by atoms with Crippen molar-refractivity contribution < 1.29 is 4.74 Å². The minimum Gasteiger partial charge on any atom is -0.454 e. The van der Waals surface area contributed by atoms with E-state index in [2.05, 4.69) is 4.98 Å².